The van der Waals surface area contributed by atoms with Gasteiger partial charge >= 0.3 is 0 Å². The number of halogens is 1. The van der Waals surface area contributed by atoms with Crippen LogP contribution in [0.4, 0.5) is 10.2 Å². The Labute approximate surface area is 143 Å². The zero-order chi connectivity index (χ0) is 17.6. The van der Waals surface area contributed by atoms with E-state index in [1.165, 1.54) is 12.1 Å². The smallest absolute Gasteiger partial charge is 0.146 e. The minimum absolute atomic E-state index is 0.00295. The summed E-state index contributed by atoms with van der Waals surface area (Å²) in [5.74, 6) is -0.257. The number of allylic oxidation sites excluding steroid dienone is 2. The van der Waals surface area contributed by atoms with Crippen LogP contribution >= 0.6 is 0 Å². The van der Waals surface area contributed by atoms with Crippen LogP contribution in [-0.2, 0) is 0 Å². The summed E-state index contributed by atoms with van der Waals surface area (Å²) in [4.78, 5) is 0. The Morgan fingerprint density at radius 1 is 1.32 bits per heavy atom. The molecule has 1 aliphatic carbocycles. The SMILES string of the molecule is CN1N=NC2C=C(n3nc(N)cc3-c3ccc(C#N)c(F)c3)C=CC21. The van der Waals surface area contributed by atoms with Gasteiger partial charge in [-0.2, -0.15) is 15.5 Å². The largest absolute Gasteiger partial charge is 0.382 e. The number of hydrogen-bond acceptors (Lipinski definition) is 6. The van der Waals surface area contributed by atoms with E-state index in [0.717, 1.165) is 5.70 Å². The van der Waals surface area contributed by atoms with Gasteiger partial charge in [0.2, 0.25) is 0 Å². The van der Waals surface area contributed by atoms with Crippen LogP contribution in [0.5, 0.6) is 0 Å². The van der Waals surface area contributed by atoms with E-state index in [0.29, 0.717) is 17.1 Å². The second kappa shape index (κ2) is 5.56. The van der Waals surface area contributed by atoms with Crippen molar-refractivity contribution in [2.75, 3.05) is 12.8 Å². The molecular formula is C17H14FN7. The van der Waals surface area contributed by atoms with Gasteiger partial charge in [-0.3, -0.25) is 5.01 Å². The number of fused-ring (bicyclic) bond motifs is 1. The summed E-state index contributed by atoms with van der Waals surface area (Å²) in [6.45, 7) is 0. The lowest BCUT2D eigenvalue weighted by Gasteiger charge is -2.21. The number of rotatable bonds is 2. The maximum Gasteiger partial charge on any atom is 0.146 e. The molecule has 1 aromatic carbocycles. The Bertz CT molecular complexity index is 979. The monoisotopic (exact) mass is 335 g/mol. The third-order valence-electron chi connectivity index (χ3n) is 4.27. The minimum Gasteiger partial charge on any atom is -0.382 e. The van der Waals surface area contributed by atoms with Gasteiger partial charge in [0, 0.05) is 18.7 Å². The molecule has 0 amide bonds. The van der Waals surface area contributed by atoms with Gasteiger partial charge in [0.15, 0.2) is 0 Å². The molecule has 0 saturated carbocycles. The predicted octanol–water partition coefficient (Wildman–Crippen LogP) is 2.60. The highest BCUT2D eigenvalue weighted by atomic mass is 19.1. The van der Waals surface area contributed by atoms with Crippen LogP contribution in [0.1, 0.15) is 5.56 Å². The van der Waals surface area contributed by atoms with Crippen molar-refractivity contribution in [1.82, 2.24) is 14.8 Å². The number of nitrogen functional groups attached to an aromatic ring is 1. The Balaban J connectivity index is 1.77. The highest BCUT2D eigenvalue weighted by Gasteiger charge is 2.30. The Morgan fingerprint density at radius 3 is 2.92 bits per heavy atom. The van der Waals surface area contributed by atoms with Gasteiger partial charge in [-0.05, 0) is 24.3 Å². The standard InChI is InChI=1S/C17H14FN7/c1-24-15-5-4-12(7-14(15)21-23-24)25-16(8-17(20)22-25)10-2-3-11(9-19)13(18)6-10/h2-8,14-15H,1H3,(H2,20,22). The van der Waals surface area contributed by atoms with Crippen molar-refractivity contribution in [2.24, 2.45) is 10.3 Å². The fourth-order valence-corrected chi connectivity index (χ4v) is 3.00. The van der Waals surface area contributed by atoms with Crippen LogP contribution in [-0.4, -0.2) is 33.9 Å². The molecule has 2 aliphatic rings. The quantitative estimate of drug-likeness (QED) is 0.912. The van der Waals surface area contributed by atoms with E-state index in [9.17, 15) is 4.39 Å². The van der Waals surface area contributed by atoms with Crippen LogP contribution < -0.4 is 5.73 Å². The Kier molecular flexibility index (Phi) is 3.35. The van der Waals surface area contributed by atoms with E-state index in [4.69, 9.17) is 11.0 Å². The maximum absolute atomic E-state index is 14.0. The summed E-state index contributed by atoms with van der Waals surface area (Å²) >= 11 is 0. The van der Waals surface area contributed by atoms with Crippen LogP contribution in [0.3, 0.4) is 0 Å². The molecule has 2 atom stereocenters. The van der Waals surface area contributed by atoms with Crippen LogP contribution in [0.2, 0.25) is 0 Å². The van der Waals surface area contributed by atoms with Crippen molar-refractivity contribution in [3.05, 3.63) is 53.9 Å². The van der Waals surface area contributed by atoms with E-state index in [-0.39, 0.29) is 17.6 Å². The van der Waals surface area contributed by atoms with Crippen molar-refractivity contribution in [3.8, 4) is 17.3 Å². The van der Waals surface area contributed by atoms with Crippen molar-refractivity contribution in [1.29, 1.82) is 5.26 Å². The zero-order valence-corrected chi connectivity index (χ0v) is 13.3. The van der Waals surface area contributed by atoms with Gasteiger partial charge in [-0.25, -0.2) is 9.07 Å². The third kappa shape index (κ3) is 2.46. The molecular weight excluding hydrogens is 321 g/mol. The van der Waals surface area contributed by atoms with Crippen LogP contribution in [0.15, 0.2) is 52.8 Å². The van der Waals surface area contributed by atoms with E-state index >= 15 is 0 Å². The summed E-state index contributed by atoms with van der Waals surface area (Å²) in [6.07, 6.45) is 5.87. The van der Waals surface area contributed by atoms with Gasteiger partial charge < -0.3 is 5.73 Å². The molecule has 2 N–H and O–H groups in total. The van der Waals surface area contributed by atoms with E-state index < -0.39 is 5.82 Å². The molecule has 124 valence electrons. The highest BCUT2D eigenvalue weighted by Crippen LogP contribution is 2.30. The molecule has 0 saturated heterocycles. The topological polar surface area (TPSA) is 95.6 Å². The lowest BCUT2D eigenvalue weighted by Crippen LogP contribution is -2.31. The molecule has 0 fully saturated rings. The summed E-state index contributed by atoms with van der Waals surface area (Å²) < 4.78 is 15.6. The average molecular weight is 335 g/mol. The molecule has 7 nitrogen and oxygen atoms in total. The first kappa shape index (κ1) is 15.1. The zero-order valence-electron chi connectivity index (χ0n) is 13.3. The number of likely N-dealkylation sites (N-methyl/N-ethyl adjacent to an activating group) is 1. The van der Waals surface area contributed by atoms with Gasteiger partial charge in [0.1, 0.15) is 23.7 Å². The number of nitriles is 1. The molecule has 2 aromatic rings. The molecule has 25 heavy (non-hydrogen) atoms. The number of anilines is 1. The lowest BCUT2D eigenvalue weighted by atomic mass is 10.0. The van der Waals surface area contributed by atoms with Crippen LogP contribution in [0, 0.1) is 17.1 Å². The molecule has 1 aliphatic heterocycles. The van der Waals surface area contributed by atoms with E-state index in [1.54, 1.807) is 21.8 Å². The second-order valence-corrected chi connectivity index (χ2v) is 5.88. The van der Waals surface area contributed by atoms with Gasteiger partial charge in [-0.15, -0.1) is 0 Å². The summed E-state index contributed by atoms with van der Waals surface area (Å²) in [5, 5.41) is 23.3. The molecule has 0 radical (unpaired) electrons. The van der Waals surface area contributed by atoms with E-state index in [2.05, 4.69) is 15.4 Å². The second-order valence-electron chi connectivity index (χ2n) is 5.88. The molecule has 0 spiro atoms. The van der Waals surface area contributed by atoms with Gasteiger partial charge in [0.05, 0.1) is 23.0 Å². The first-order valence-corrected chi connectivity index (χ1v) is 7.66. The average Bonchev–Trinajstić information content (AvgIpc) is 3.18. The van der Waals surface area contributed by atoms with Gasteiger partial charge in [-0.1, -0.05) is 17.4 Å². The summed E-state index contributed by atoms with van der Waals surface area (Å²) in [5.41, 5.74) is 7.87. The van der Waals surface area contributed by atoms with E-state index in [1.807, 2.05) is 31.3 Å². The van der Waals surface area contributed by atoms with Crippen molar-refractivity contribution in [3.63, 3.8) is 0 Å². The number of aromatic nitrogens is 2. The van der Waals surface area contributed by atoms with Crippen molar-refractivity contribution < 1.29 is 4.39 Å². The molecule has 2 unspecified atom stereocenters. The molecule has 2 heterocycles. The lowest BCUT2D eigenvalue weighted by molar-refractivity contribution is 0.324. The fraction of sp³-hybridized carbons (Fsp3) is 0.176. The molecule has 0 bridgehead atoms. The van der Waals surface area contributed by atoms with Crippen molar-refractivity contribution in [2.45, 2.75) is 12.1 Å². The predicted molar refractivity (Wildman–Crippen MR) is 90.4 cm³/mol. The normalized spacial score (nSPS) is 21.2. The molecule has 8 heteroatoms. The summed E-state index contributed by atoms with van der Waals surface area (Å²) in [7, 11) is 1.87. The number of nitrogens with zero attached hydrogens (tertiary/aromatic N) is 6. The first-order chi connectivity index (χ1) is 12.1. The minimum atomic E-state index is -0.578. The highest BCUT2D eigenvalue weighted by molar-refractivity contribution is 5.72. The van der Waals surface area contributed by atoms with Crippen molar-refractivity contribution >= 4 is 11.5 Å². The fourth-order valence-electron chi connectivity index (χ4n) is 3.00. The van der Waals surface area contributed by atoms with Gasteiger partial charge in [0.25, 0.3) is 0 Å². The third-order valence-corrected chi connectivity index (χ3v) is 4.27. The summed E-state index contributed by atoms with van der Waals surface area (Å²) in [6, 6.07) is 7.91. The molecule has 1 aromatic heterocycles. The Hall–Kier alpha value is -3.47. The Morgan fingerprint density at radius 2 is 2.16 bits per heavy atom. The van der Waals surface area contributed by atoms with Crippen LogP contribution in [0.25, 0.3) is 17.0 Å². The number of nitrogens with two attached hydrogens (primary N) is 1. The number of hydrogen-bond donors (Lipinski definition) is 1. The maximum atomic E-state index is 14.0. The first-order valence-electron chi connectivity index (χ1n) is 7.66. The molecule has 4 rings (SSSR count). The number of benzene rings is 1.